The van der Waals surface area contributed by atoms with Gasteiger partial charge >= 0.3 is 0 Å². The number of hydrogen-bond donors (Lipinski definition) is 1. The largest absolute Gasteiger partial charge is 0.366 e. The minimum absolute atomic E-state index is 0.351. The van der Waals surface area contributed by atoms with Gasteiger partial charge in [0, 0.05) is 18.7 Å². The molecular weight excluding hydrogens is 298 g/mol. The number of hydrogen-bond acceptors (Lipinski definition) is 3. The molecule has 2 aliphatic heterocycles. The van der Waals surface area contributed by atoms with Crippen LogP contribution in [0.25, 0.3) is 0 Å². The van der Waals surface area contributed by atoms with Gasteiger partial charge in [0.2, 0.25) is 5.91 Å². The Balaban J connectivity index is 1.42. The van der Waals surface area contributed by atoms with E-state index in [-0.39, 0.29) is 5.91 Å². The lowest BCUT2D eigenvalue weighted by Crippen LogP contribution is -2.38. The molecular formula is C20H31N3O. The molecule has 1 aromatic rings. The molecule has 24 heavy (non-hydrogen) atoms. The first kappa shape index (κ1) is 17.4. The third kappa shape index (κ3) is 5.05. The van der Waals surface area contributed by atoms with Gasteiger partial charge in [0.05, 0.1) is 0 Å². The van der Waals surface area contributed by atoms with Crippen LogP contribution in [0, 0.1) is 5.92 Å². The topological polar surface area (TPSA) is 49.6 Å². The summed E-state index contributed by atoms with van der Waals surface area (Å²) in [6, 6.07) is 7.74. The van der Waals surface area contributed by atoms with Gasteiger partial charge in [-0.25, -0.2) is 0 Å². The maximum absolute atomic E-state index is 11.1. The number of nitrogens with two attached hydrogens (primary N) is 1. The van der Waals surface area contributed by atoms with E-state index in [1.807, 2.05) is 24.3 Å². The van der Waals surface area contributed by atoms with E-state index >= 15 is 0 Å². The summed E-state index contributed by atoms with van der Waals surface area (Å²) in [6.45, 7) is 7.29. The van der Waals surface area contributed by atoms with E-state index in [0.717, 1.165) is 12.5 Å². The Bertz CT molecular complexity index is 512. The summed E-state index contributed by atoms with van der Waals surface area (Å²) in [7, 11) is 0. The molecule has 0 aromatic heterocycles. The van der Waals surface area contributed by atoms with Gasteiger partial charge in [0.15, 0.2) is 0 Å². The van der Waals surface area contributed by atoms with Crippen molar-refractivity contribution >= 4 is 5.91 Å². The second kappa shape index (κ2) is 8.63. The molecule has 1 aromatic carbocycles. The van der Waals surface area contributed by atoms with Crippen LogP contribution < -0.4 is 5.73 Å². The lowest BCUT2D eigenvalue weighted by Gasteiger charge is -2.34. The molecule has 0 aliphatic carbocycles. The summed E-state index contributed by atoms with van der Waals surface area (Å²) in [5.41, 5.74) is 7.16. The summed E-state index contributed by atoms with van der Waals surface area (Å²) < 4.78 is 0. The van der Waals surface area contributed by atoms with Crippen molar-refractivity contribution in [1.82, 2.24) is 9.80 Å². The fourth-order valence-electron chi connectivity index (χ4n) is 4.04. The van der Waals surface area contributed by atoms with Crippen LogP contribution in [0.4, 0.5) is 0 Å². The van der Waals surface area contributed by atoms with Crippen LogP contribution in [0.1, 0.15) is 54.4 Å². The average Bonchev–Trinajstić information content (AvgIpc) is 2.86. The van der Waals surface area contributed by atoms with E-state index < -0.39 is 0 Å². The van der Waals surface area contributed by atoms with Gasteiger partial charge in [0.25, 0.3) is 0 Å². The third-order valence-corrected chi connectivity index (χ3v) is 5.57. The number of piperidine rings is 1. The van der Waals surface area contributed by atoms with Gasteiger partial charge in [0.1, 0.15) is 0 Å². The molecule has 0 saturated carbocycles. The van der Waals surface area contributed by atoms with Crippen molar-refractivity contribution < 1.29 is 4.79 Å². The first-order valence-corrected chi connectivity index (χ1v) is 9.54. The minimum atomic E-state index is -0.351. The maximum Gasteiger partial charge on any atom is 0.248 e. The smallest absolute Gasteiger partial charge is 0.248 e. The molecule has 0 atom stereocenters. The van der Waals surface area contributed by atoms with Crippen molar-refractivity contribution in [2.45, 2.75) is 45.1 Å². The summed E-state index contributed by atoms with van der Waals surface area (Å²) in [5, 5.41) is 0. The highest BCUT2D eigenvalue weighted by Crippen LogP contribution is 2.21. The quantitative estimate of drug-likeness (QED) is 0.904. The van der Waals surface area contributed by atoms with Crippen molar-refractivity contribution in [2.75, 3.05) is 32.7 Å². The third-order valence-electron chi connectivity index (χ3n) is 5.57. The van der Waals surface area contributed by atoms with Crippen molar-refractivity contribution in [1.29, 1.82) is 0 Å². The SMILES string of the molecule is NC(=O)c1ccc(CN2CCC(CN3CCCCCC3)CC2)cc1. The second-order valence-electron chi connectivity index (χ2n) is 7.50. The van der Waals surface area contributed by atoms with Crippen LogP contribution in [-0.4, -0.2) is 48.4 Å². The molecule has 1 amide bonds. The maximum atomic E-state index is 11.1. The zero-order chi connectivity index (χ0) is 16.8. The van der Waals surface area contributed by atoms with Gasteiger partial charge in [-0.15, -0.1) is 0 Å². The van der Waals surface area contributed by atoms with Crippen molar-refractivity contribution in [3.05, 3.63) is 35.4 Å². The molecule has 132 valence electrons. The number of benzene rings is 1. The number of amides is 1. The van der Waals surface area contributed by atoms with Crippen LogP contribution in [0.5, 0.6) is 0 Å². The lowest BCUT2D eigenvalue weighted by atomic mass is 9.95. The summed E-state index contributed by atoms with van der Waals surface area (Å²) in [6.07, 6.45) is 8.25. The van der Waals surface area contributed by atoms with Crippen molar-refractivity contribution in [2.24, 2.45) is 11.7 Å². The lowest BCUT2D eigenvalue weighted by molar-refractivity contribution is 0.1000. The van der Waals surface area contributed by atoms with Gasteiger partial charge < -0.3 is 10.6 Å². The van der Waals surface area contributed by atoms with Crippen molar-refractivity contribution in [3.63, 3.8) is 0 Å². The molecule has 3 rings (SSSR count). The Morgan fingerprint density at radius 3 is 2.12 bits per heavy atom. The fourth-order valence-corrected chi connectivity index (χ4v) is 4.04. The zero-order valence-electron chi connectivity index (χ0n) is 14.8. The van der Waals surface area contributed by atoms with E-state index in [0.29, 0.717) is 5.56 Å². The molecule has 4 heteroatoms. The second-order valence-corrected chi connectivity index (χ2v) is 7.50. The molecule has 2 aliphatic rings. The first-order chi connectivity index (χ1) is 11.7. The molecule has 0 unspecified atom stereocenters. The number of nitrogens with zero attached hydrogens (tertiary/aromatic N) is 2. The normalized spacial score (nSPS) is 21.5. The average molecular weight is 329 g/mol. The van der Waals surface area contributed by atoms with E-state index in [2.05, 4.69) is 9.80 Å². The molecule has 0 radical (unpaired) electrons. The molecule has 0 bridgehead atoms. The molecule has 2 saturated heterocycles. The summed E-state index contributed by atoms with van der Waals surface area (Å²) in [5.74, 6) is 0.521. The van der Waals surface area contributed by atoms with E-state index in [1.165, 1.54) is 76.8 Å². The first-order valence-electron chi connectivity index (χ1n) is 9.54. The van der Waals surface area contributed by atoms with E-state index in [1.54, 1.807) is 0 Å². The van der Waals surface area contributed by atoms with Crippen LogP contribution in [0.2, 0.25) is 0 Å². The Morgan fingerprint density at radius 2 is 1.54 bits per heavy atom. The Labute approximate surface area is 146 Å². The number of rotatable bonds is 5. The predicted molar refractivity (Wildman–Crippen MR) is 97.9 cm³/mol. The molecule has 2 fully saturated rings. The van der Waals surface area contributed by atoms with Crippen LogP contribution in [0.15, 0.2) is 24.3 Å². The number of primary amides is 1. The van der Waals surface area contributed by atoms with E-state index in [4.69, 9.17) is 5.73 Å². The summed E-state index contributed by atoms with van der Waals surface area (Å²) >= 11 is 0. The standard InChI is InChI=1S/C20H31N3O/c21-20(24)19-7-5-17(6-8-19)15-23-13-9-18(10-14-23)16-22-11-3-1-2-4-12-22/h5-8,18H,1-4,9-16H2,(H2,21,24). The number of carbonyl (C=O) groups excluding carboxylic acids is 1. The molecule has 4 nitrogen and oxygen atoms in total. The molecule has 2 N–H and O–H groups in total. The van der Waals surface area contributed by atoms with Gasteiger partial charge in [-0.3, -0.25) is 9.69 Å². The monoisotopic (exact) mass is 329 g/mol. The van der Waals surface area contributed by atoms with Gasteiger partial charge in [-0.2, -0.15) is 0 Å². The highest BCUT2D eigenvalue weighted by atomic mass is 16.1. The van der Waals surface area contributed by atoms with Crippen LogP contribution in [0.3, 0.4) is 0 Å². The highest BCUT2D eigenvalue weighted by molar-refractivity contribution is 5.92. The van der Waals surface area contributed by atoms with Gasteiger partial charge in [-0.1, -0.05) is 25.0 Å². The minimum Gasteiger partial charge on any atom is -0.366 e. The fraction of sp³-hybridized carbons (Fsp3) is 0.650. The van der Waals surface area contributed by atoms with Crippen LogP contribution >= 0.6 is 0 Å². The van der Waals surface area contributed by atoms with E-state index in [9.17, 15) is 4.79 Å². The molecule has 0 spiro atoms. The number of likely N-dealkylation sites (tertiary alicyclic amines) is 2. The Kier molecular flexibility index (Phi) is 6.27. The summed E-state index contributed by atoms with van der Waals surface area (Å²) in [4.78, 5) is 16.4. The van der Waals surface area contributed by atoms with Gasteiger partial charge in [-0.05, 0) is 75.5 Å². The predicted octanol–water partition coefficient (Wildman–Crippen LogP) is 2.87. The Hall–Kier alpha value is -1.39. The Morgan fingerprint density at radius 1 is 0.917 bits per heavy atom. The highest BCUT2D eigenvalue weighted by Gasteiger charge is 2.22. The van der Waals surface area contributed by atoms with Crippen molar-refractivity contribution in [3.8, 4) is 0 Å². The van der Waals surface area contributed by atoms with Crippen LogP contribution in [-0.2, 0) is 6.54 Å². The number of carbonyl (C=O) groups is 1. The molecule has 2 heterocycles. The zero-order valence-corrected chi connectivity index (χ0v) is 14.8.